The molecule has 5 nitrogen and oxygen atoms in total. The maximum atomic E-state index is 12.2. The summed E-state index contributed by atoms with van der Waals surface area (Å²) >= 11 is 0. The molecule has 1 unspecified atom stereocenters. The van der Waals surface area contributed by atoms with Crippen LogP contribution < -0.4 is 0 Å². The molecule has 1 N–H and O–H groups in total. The summed E-state index contributed by atoms with van der Waals surface area (Å²) in [6.45, 7) is 9.68. The number of unbranched alkanes of at least 4 members (excludes halogenated alkanes) is 5. The number of likely N-dealkylation sites (tertiary alicyclic amines) is 1. The van der Waals surface area contributed by atoms with E-state index >= 15 is 0 Å². The molecule has 1 rings (SSSR count). The molecular formula is C20H37NO4. The first-order valence-corrected chi connectivity index (χ1v) is 9.67. The lowest BCUT2D eigenvalue weighted by molar-refractivity contribution is -0.165. The van der Waals surface area contributed by atoms with E-state index in [2.05, 4.69) is 39.6 Å². The first kappa shape index (κ1) is 21.9. The van der Waals surface area contributed by atoms with Gasteiger partial charge in [-0.25, -0.2) is 0 Å². The van der Waals surface area contributed by atoms with Crippen LogP contribution in [0.4, 0.5) is 0 Å². The van der Waals surface area contributed by atoms with E-state index in [-0.39, 0.29) is 29.4 Å². The molecule has 1 atom stereocenters. The topological polar surface area (TPSA) is 66.8 Å². The summed E-state index contributed by atoms with van der Waals surface area (Å²) in [5.74, 6) is -0.799. The van der Waals surface area contributed by atoms with Crippen LogP contribution in [0.3, 0.4) is 0 Å². The second-order valence-corrected chi connectivity index (χ2v) is 8.85. The second kappa shape index (κ2) is 9.56. The van der Waals surface area contributed by atoms with Crippen molar-refractivity contribution in [3.63, 3.8) is 0 Å². The van der Waals surface area contributed by atoms with Crippen molar-refractivity contribution >= 4 is 11.9 Å². The summed E-state index contributed by atoms with van der Waals surface area (Å²) < 4.78 is 5.83. The summed E-state index contributed by atoms with van der Waals surface area (Å²) in [4.78, 5) is 25.0. The van der Waals surface area contributed by atoms with Gasteiger partial charge in [-0.2, -0.15) is 0 Å². The molecule has 1 aliphatic rings. The first-order valence-electron chi connectivity index (χ1n) is 9.67. The lowest BCUT2D eigenvalue weighted by Gasteiger charge is -2.51. The number of rotatable bonds is 10. The van der Waals surface area contributed by atoms with E-state index in [9.17, 15) is 9.59 Å². The normalized spacial score (nSPS) is 22.5. The summed E-state index contributed by atoms with van der Waals surface area (Å²) in [5, 5.41) is 8.58. The van der Waals surface area contributed by atoms with Crippen LogP contribution in [0.1, 0.15) is 85.5 Å². The lowest BCUT2D eigenvalue weighted by atomic mass is 9.74. The number of ether oxygens (including phenoxy) is 1. The van der Waals surface area contributed by atoms with Gasteiger partial charge < -0.3 is 14.7 Å². The number of hydrogen-bond acceptors (Lipinski definition) is 4. The van der Waals surface area contributed by atoms with Crippen molar-refractivity contribution in [2.75, 3.05) is 13.6 Å². The highest BCUT2D eigenvalue weighted by atomic mass is 16.5. The summed E-state index contributed by atoms with van der Waals surface area (Å²) in [5.41, 5.74) is 0.0283. The Morgan fingerprint density at radius 2 is 1.52 bits per heavy atom. The average Bonchev–Trinajstić information content (AvgIpc) is 2.47. The average molecular weight is 356 g/mol. The van der Waals surface area contributed by atoms with Crippen molar-refractivity contribution in [2.45, 2.75) is 97.1 Å². The van der Waals surface area contributed by atoms with Crippen LogP contribution in [0, 0.1) is 5.41 Å². The van der Waals surface area contributed by atoms with Crippen molar-refractivity contribution < 1.29 is 19.4 Å². The van der Waals surface area contributed by atoms with E-state index in [1.807, 2.05) is 0 Å². The highest BCUT2D eigenvalue weighted by Crippen LogP contribution is 2.39. The van der Waals surface area contributed by atoms with Crippen molar-refractivity contribution in [3.8, 4) is 0 Å². The first-order chi connectivity index (χ1) is 11.5. The molecule has 0 spiro atoms. The van der Waals surface area contributed by atoms with E-state index in [0.717, 1.165) is 51.5 Å². The maximum Gasteiger partial charge on any atom is 0.306 e. The second-order valence-electron chi connectivity index (χ2n) is 8.85. The van der Waals surface area contributed by atoms with E-state index in [1.165, 1.54) is 0 Å². The van der Waals surface area contributed by atoms with Gasteiger partial charge in [0, 0.05) is 36.8 Å². The fourth-order valence-corrected chi connectivity index (χ4v) is 3.48. The summed E-state index contributed by atoms with van der Waals surface area (Å²) in [6.07, 6.45) is 7.24. The smallest absolute Gasteiger partial charge is 0.306 e. The SMILES string of the molecule is CN1CC(C)(C)C(OC(=O)CCCCCCCCC(=O)O)CC1(C)C. The van der Waals surface area contributed by atoms with Gasteiger partial charge >= 0.3 is 11.9 Å². The third-order valence-electron chi connectivity index (χ3n) is 5.53. The quantitative estimate of drug-likeness (QED) is 0.469. The molecule has 0 aromatic rings. The summed E-state index contributed by atoms with van der Waals surface area (Å²) in [6, 6.07) is 0. The molecule has 0 aromatic heterocycles. The molecular weight excluding hydrogens is 318 g/mol. The molecule has 146 valence electrons. The third kappa shape index (κ3) is 7.76. The fraction of sp³-hybridized carbons (Fsp3) is 0.900. The lowest BCUT2D eigenvalue weighted by Crippen LogP contribution is -2.58. The maximum absolute atomic E-state index is 12.2. The Kier molecular flexibility index (Phi) is 8.39. The van der Waals surface area contributed by atoms with Gasteiger partial charge in [0.15, 0.2) is 0 Å². The Balaban J connectivity index is 2.22. The van der Waals surface area contributed by atoms with Gasteiger partial charge in [-0.3, -0.25) is 9.59 Å². The molecule has 0 radical (unpaired) electrons. The Morgan fingerprint density at radius 3 is 2.08 bits per heavy atom. The van der Waals surface area contributed by atoms with E-state index < -0.39 is 5.97 Å². The number of aliphatic carboxylic acids is 1. The van der Waals surface area contributed by atoms with E-state index in [1.54, 1.807) is 0 Å². The fourth-order valence-electron chi connectivity index (χ4n) is 3.48. The van der Waals surface area contributed by atoms with E-state index in [0.29, 0.717) is 6.42 Å². The van der Waals surface area contributed by atoms with Gasteiger partial charge in [-0.05, 0) is 33.7 Å². The number of esters is 1. The molecule has 1 aliphatic heterocycles. The molecule has 25 heavy (non-hydrogen) atoms. The van der Waals surface area contributed by atoms with Gasteiger partial charge in [0.25, 0.3) is 0 Å². The predicted molar refractivity (Wildman–Crippen MR) is 99.6 cm³/mol. The monoisotopic (exact) mass is 355 g/mol. The minimum absolute atomic E-state index is 0.0237. The number of hydrogen-bond donors (Lipinski definition) is 1. The van der Waals surface area contributed by atoms with Gasteiger partial charge in [0.05, 0.1) is 0 Å². The standard InChI is InChI=1S/C20H37NO4/c1-19(2)15-21(5)20(3,4)14-16(19)25-18(24)13-11-9-7-6-8-10-12-17(22)23/h16H,6-15H2,1-5H3,(H,22,23). The van der Waals surface area contributed by atoms with Gasteiger partial charge in [-0.15, -0.1) is 0 Å². The van der Waals surface area contributed by atoms with Crippen molar-refractivity contribution in [1.29, 1.82) is 0 Å². The van der Waals surface area contributed by atoms with Crippen molar-refractivity contribution in [1.82, 2.24) is 4.90 Å². The molecule has 1 saturated heterocycles. The third-order valence-corrected chi connectivity index (χ3v) is 5.53. The number of nitrogens with zero attached hydrogens (tertiary/aromatic N) is 1. The predicted octanol–water partition coefficient (Wildman–Crippen LogP) is 4.24. The van der Waals surface area contributed by atoms with Crippen molar-refractivity contribution in [3.05, 3.63) is 0 Å². The molecule has 0 aliphatic carbocycles. The van der Waals surface area contributed by atoms with Crippen LogP contribution in [0.25, 0.3) is 0 Å². The zero-order valence-electron chi connectivity index (χ0n) is 16.8. The Bertz CT molecular complexity index is 445. The zero-order chi connectivity index (χ0) is 19.1. The highest BCUT2D eigenvalue weighted by molar-refractivity contribution is 5.69. The van der Waals surface area contributed by atoms with Crippen LogP contribution in [0.2, 0.25) is 0 Å². The van der Waals surface area contributed by atoms with Gasteiger partial charge in [0.1, 0.15) is 6.10 Å². The molecule has 1 heterocycles. The van der Waals surface area contributed by atoms with Crippen LogP contribution in [0.5, 0.6) is 0 Å². The van der Waals surface area contributed by atoms with Crippen LogP contribution >= 0.6 is 0 Å². The molecule has 5 heteroatoms. The Hall–Kier alpha value is -1.10. The molecule has 0 saturated carbocycles. The molecule has 1 fully saturated rings. The van der Waals surface area contributed by atoms with Crippen LogP contribution in [-0.4, -0.2) is 47.2 Å². The highest BCUT2D eigenvalue weighted by Gasteiger charge is 2.45. The number of carboxylic acids is 1. The summed E-state index contributed by atoms with van der Waals surface area (Å²) in [7, 11) is 2.14. The molecule has 0 amide bonds. The Morgan fingerprint density at radius 1 is 1.00 bits per heavy atom. The number of carboxylic acid groups (broad SMARTS) is 1. The van der Waals surface area contributed by atoms with Gasteiger partial charge in [0.2, 0.25) is 0 Å². The van der Waals surface area contributed by atoms with Crippen molar-refractivity contribution in [2.24, 2.45) is 5.41 Å². The number of carbonyl (C=O) groups excluding carboxylic acids is 1. The van der Waals surface area contributed by atoms with Gasteiger partial charge in [-0.1, -0.05) is 39.5 Å². The zero-order valence-corrected chi connectivity index (χ0v) is 16.8. The minimum atomic E-state index is -0.720. The Labute approximate surface area is 153 Å². The number of carbonyl (C=O) groups is 2. The largest absolute Gasteiger partial charge is 0.481 e. The van der Waals surface area contributed by atoms with E-state index in [4.69, 9.17) is 9.84 Å². The van der Waals surface area contributed by atoms with Crippen LogP contribution in [0.15, 0.2) is 0 Å². The minimum Gasteiger partial charge on any atom is -0.481 e. The van der Waals surface area contributed by atoms with Crippen LogP contribution in [-0.2, 0) is 14.3 Å². The molecule has 0 bridgehead atoms. The molecule has 0 aromatic carbocycles. The number of piperidine rings is 1.